The van der Waals surface area contributed by atoms with Crippen molar-refractivity contribution in [1.29, 1.82) is 0 Å². The number of halogens is 1. The molecule has 73 heavy (non-hydrogen) atoms. The molecule has 4 aromatic heterocycles. The number of thiazole rings is 2. The number of likely N-dealkylation sites (tertiary alicyclic amines) is 2. The van der Waals surface area contributed by atoms with Crippen LogP contribution in [0.2, 0.25) is 0 Å². The Morgan fingerprint density at radius 3 is 1.53 bits per heavy atom. The van der Waals surface area contributed by atoms with Crippen molar-refractivity contribution in [2.24, 2.45) is 0 Å². The van der Waals surface area contributed by atoms with Crippen molar-refractivity contribution in [1.82, 2.24) is 29.7 Å². The summed E-state index contributed by atoms with van der Waals surface area (Å²) in [6, 6.07) is 14.7. The molecule has 2 aromatic carbocycles. The second-order valence-corrected chi connectivity index (χ2v) is 24.1. The van der Waals surface area contributed by atoms with Crippen molar-refractivity contribution in [3.05, 3.63) is 133 Å². The maximum Gasteiger partial charge on any atom is 0.253 e. The summed E-state index contributed by atoms with van der Waals surface area (Å²) in [4.78, 5) is 68.2. The summed E-state index contributed by atoms with van der Waals surface area (Å²) in [5.74, 6) is 4.31. The second kappa shape index (κ2) is 26.3. The lowest BCUT2D eigenvalue weighted by atomic mass is 9.94. The molecule has 0 aliphatic carbocycles. The number of carbonyl (C=O) groups is 4. The van der Waals surface area contributed by atoms with E-state index in [1.807, 2.05) is 46.7 Å². The van der Waals surface area contributed by atoms with Crippen molar-refractivity contribution < 1.29 is 28.0 Å². The fraction of sp³-hybridized carbons (Fsp3) is 0.385. The topological polar surface area (TPSA) is 215 Å². The van der Waals surface area contributed by atoms with E-state index in [-0.39, 0.29) is 34.6 Å². The molecule has 0 bridgehead atoms. The van der Waals surface area contributed by atoms with E-state index < -0.39 is 5.24 Å². The highest BCUT2D eigenvalue weighted by Gasteiger charge is 2.27. The fourth-order valence-electron chi connectivity index (χ4n) is 7.26. The molecule has 0 spiro atoms. The monoisotopic (exact) mass is 1090 g/mol. The van der Waals surface area contributed by atoms with Crippen LogP contribution in [-0.4, -0.2) is 91.0 Å². The summed E-state index contributed by atoms with van der Waals surface area (Å²) in [6.45, 7) is 22.0. The molecule has 2 aliphatic heterocycles. The minimum Gasteiger partial charge on any atom is -0.444 e. The van der Waals surface area contributed by atoms with Gasteiger partial charge < -0.3 is 40.3 Å². The van der Waals surface area contributed by atoms with Crippen LogP contribution in [0.5, 0.6) is 0 Å². The molecule has 0 atom stereocenters. The highest BCUT2D eigenvalue weighted by atomic mass is 35.5. The summed E-state index contributed by atoms with van der Waals surface area (Å²) in [6.07, 6.45) is 13.1. The molecule has 0 radical (unpaired) electrons. The number of aromatic nitrogens is 4. The molecule has 5 N–H and O–H groups in total. The van der Waals surface area contributed by atoms with Gasteiger partial charge in [0, 0.05) is 71.6 Å². The summed E-state index contributed by atoms with van der Waals surface area (Å²) >= 11 is 11.3. The molecule has 2 fully saturated rings. The Balaban J connectivity index is 0.000000219. The first kappa shape index (κ1) is 56.4. The minimum absolute atomic E-state index is 0.0303. The third-order valence-corrected chi connectivity index (χ3v) is 15.7. The van der Waals surface area contributed by atoms with E-state index in [2.05, 4.69) is 90.6 Å². The SMILES string of the molecule is C=CC(=O)Cl.C=CC(=O)Nc1cccc(C(=O)N2CCC(Nc3ncc(SCc4ncc(C(C)(C)C)o4)s3)CC2)c1.CC(C)(C)c1cnc(CSc2cnc(NC3CCN(C(=O)c4cccc(N)c4)CC3)s2)o1. The van der Waals surface area contributed by atoms with Crippen molar-refractivity contribution in [2.45, 2.75) is 110 Å². The van der Waals surface area contributed by atoms with Crippen LogP contribution in [0.15, 0.2) is 116 Å². The molecule has 2 aliphatic rings. The molecular weight excluding hydrogens is 1020 g/mol. The summed E-state index contributed by atoms with van der Waals surface area (Å²) < 4.78 is 14.0. The number of nitrogen functional groups attached to an aromatic ring is 1. The van der Waals surface area contributed by atoms with Gasteiger partial charge in [0.15, 0.2) is 10.3 Å². The molecule has 388 valence electrons. The quantitative estimate of drug-likeness (QED) is 0.0326. The van der Waals surface area contributed by atoms with Gasteiger partial charge in [-0.2, -0.15) is 0 Å². The third-order valence-electron chi connectivity index (χ3n) is 11.3. The first-order valence-corrected chi connectivity index (χ1v) is 27.6. The number of oxazole rings is 2. The predicted molar refractivity (Wildman–Crippen MR) is 296 cm³/mol. The lowest BCUT2D eigenvalue weighted by molar-refractivity contribution is -0.112. The molecule has 2 saturated heterocycles. The smallest absolute Gasteiger partial charge is 0.253 e. The number of allylic oxidation sites excluding steroid dienone is 1. The summed E-state index contributed by atoms with van der Waals surface area (Å²) in [5, 5.41) is 11.0. The van der Waals surface area contributed by atoms with Gasteiger partial charge >= 0.3 is 0 Å². The van der Waals surface area contributed by atoms with Crippen LogP contribution in [0.4, 0.5) is 21.6 Å². The number of anilines is 4. The fourth-order valence-corrected chi connectivity index (χ4v) is 10.9. The first-order valence-electron chi connectivity index (χ1n) is 23.7. The highest BCUT2D eigenvalue weighted by molar-refractivity contribution is 8.00. The van der Waals surface area contributed by atoms with Gasteiger partial charge in [0.2, 0.25) is 22.9 Å². The van der Waals surface area contributed by atoms with Crippen LogP contribution >= 0.6 is 57.8 Å². The predicted octanol–water partition coefficient (Wildman–Crippen LogP) is 11.5. The average molecular weight is 1090 g/mol. The van der Waals surface area contributed by atoms with E-state index in [0.717, 1.165) is 86.8 Å². The molecular formula is C52H63ClN10O6S4. The Kier molecular flexibility index (Phi) is 20.3. The van der Waals surface area contributed by atoms with Gasteiger partial charge in [-0.3, -0.25) is 19.2 Å². The number of thioether (sulfide) groups is 2. The van der Waals surface area contributed by atoms with Gasteiger partial charge in [0.05, 0.1) is 44.7 Å². The largest absolute Gasteiger partial charge is 0.444 e. The number of hydrogen-bond acceptors (Lipinski definition) is 17. The number of carbonyl (C=O) groups excluding carboxylic acids is 4. The van der Waals surface area contributed by atoms with Crippen LogP contribution < -0.4 is 21.7 Å². The zero-order valence-corrected chi connectivity index (χ0v) is 46.0. The number of hydrogen-bond donors (Lipinski definition) is 4. The number of nitrogens with zero attached hydrogens (tertiary/aromatic N) is 6. The zero-order valence-electron chi connectivity index (χ0n) is 41.9. The maximum atomic E-state index is 13.0. The van der Waals surface area contributed by atoms with Gasteiger partial charge in [0.25, 0.3) is 11.8 Å². The Labute approximate surface area is 448 Å². The first-order chi connectivity index (χ1) is 34.8. The van der Waals surface area contributed by atoms with E-state index in [4.69, 9.17) is 26.2 Å². The molecule has 6 aromatic rings. The van der Waals surface area contributed by atoms with Crippen molar-refractivity contribution in [2.75, 3.05) is 47.9 Å². The molecule has 6 heterocycles. The van der Waals surface area contributed by atoms with Gasteiger partial charge in [-0.1, -0.05) is 89.5 Å². The van der Waals surface area contributed by atoms with E-state index in [1.54, 1.807) is 82.6 Å². The number of piperidine rings is 2. The molecule has 8 rings (SSSR count). The molecule has 0 saturated carbocycles. The van der Waals surface area contributed by atoms with E-state index >= 15 is 0 Å². The third kappa shape index (κ3) is 17.6. The normalized spacial score (nSPS) is 14.2. The lowest BCUT2D eigenvalue weighted by Crippen LogP contribution is -2.42. The van der Waals surface area contributed by atoms with Crippen LogP contribution in [0.3, 0.4) is 0 Å². The molecule has 3 amide bonds. The van der Waals surface area contributed by atoms with Gasteiger partial charge in [-0.05, 0) is 85.8 Å². The van der Waals surface area contributed by atoms with E-state index in [1.165, 1.54) is 6.08 Å². The van der Waals surface area contributed by atoms with Crippen LogP contribution in [0.25, 0.3) is 0 Å². The average Bonchev–Trinajstić information content (AvgIpc) is 4.22. The Hall–Kier alpha value is -5.93. The molecule has 0 unspecified atom stereocenters. The number of benzene rings is 2. The summed E-state index contributed by atoms with van der Waals surface area (Å²) in [7, 11) is 0. The standard InChI is InChI=1S/C26H31N5O3S2.C23H29N5O2S2.C3H3ClO/c1-5-21(32)29-19-8-6-7-17(13-19)24(33)31-11-9-18(10-12-31)30-25-28-15-23(36-25)35-16-22-27-14-20(34-22)26(2,3)4;1-23(2,3)18-12-25-19(30-18)14-31-20-13-26-22(32-20)27-17-7-9-28(10-8-17)21(29)15-5-4-6-16(24)11-15;1-2-3(4)5/h5-8,13-15,18H,1,9-12,16H2,2-4H3,(H,28,30)(H,29,32);4-6,11-13,17H,7-10,14,24H2,1-3H3,(H,26,27);2H,1H2. The van der Waals surface area contributed by atoms with Crippen LogP contribution in [0.1, 0.15) is 111 Å². The van der Waals surface area contributed by atoms with Crippen molar-refractivity contribution in [3.8, 4) is 0 Å². The molecule has 16 nitrogen and oxygen atoms in total. The number of nitrogens with one attached hydrogen (secondary N) is 3. The zero-order chi connectivity index (χ0) is 52.7. The van der Waals surface area contributed by atoms with Gasteiger partial charge in [0.1, 0.15) is 11.5 Å². The number of rotatable bonds is 15. The summed E-state index contributed by atoms with van der Waals surface area (Å²) in [5.41, 5.74) is 8.13. The van der Waals surface area contributed by atoms with Gasteiger partial charge in [-0.15, -0.1) is 23.5 Å². The van der Waals surface area contributed by atoms with Crippen molar-refractivity contribution in [3.63, 3.8) is 0 Å². The second-order valence-electron chi connectivity index (χ2n) is 19.1. The highest BCUT2D eigenvalue weighted by Crippen LogP contribution is 2.34. The molecule has 21 heteroatoms. The number of amides is 3. The van der Waals surface area contributed by atoms with Crippen LogP contribution in [-0.2, 0) is 31.9 Å². The van der Waals surface area contributed by atoms with Gasteiger partial charge in [-0.25, -0.2) is 19.9 Å². The minimum atomic E-state index is -0.509. The Bertz CT molecular complexity index is 2810. The Morgan fingerprint density at radius 1 is 0.699 bits per heavy atom. The van der Waals surface area contributed by atoms with E-state index in [9.17, 15) is 19.2 Å². The maximum absolute atomic E-state index is 13.0. The lowest BCUT2D eigenvalue weighted by Gasteiger charge is -2.32. The van der Waals surface area contributed by atoms with Crippen LogP contribution in [0, 0.1) is 0 Å². The van der Waals surface area contributed by atoms with E-state index in [0.29, 0.717) is 53.1 Å². The number of nitrogens with two attached hydrogens (primary N) is 1. The Morgan fingerprint density at radius 2 is 1.14 bits per heavy atom. The van der Waals surface area contributed by atoms with Crippen molar-refractivity contribution >= 4 is 102 Å².